The van der Waals surface area contributed by atoms with Crippen molar-refractivity contribution in [3.8, 4) is 0 Å². The van der Waals surface area contributed by atoms with Crippen LogP contribution in [0.3, 0.4) is 0 Å². The number of thiophene rings is 1. The smallest absolute Gasteiger partial charge is 0.350 e. The number of esters is 1. The predicted molar refractivity (Wildman–Crippen MR) is 82.4 cm³/mol. The molecule has 0 aliphatic carbocycles. The number of ether oxygens (including phenoxy) is 1. The monoisotopic (exact) mass is 321 g/mol. The number of amides is 1. The number of nitrogens with one attached hydrogen (secondary N) is 1. The Hall–Kier alpha value is -2.48. The van der Waals surface area contributed by atoms with Gasteiger partial charge in [0.05, 0.1) is 12.8 Å². The van der Waals surface area contributed by atoms with E-state index in [0.29, 0.717) is 17.1 Å². The zero-order valence-corrected chi connectivity index (χ0v) is 13.0. The highest BCUT2D eigenvalue weighted by molar-refractivity contribution is 7.12. The van der Waals surface area contributed by atoms with Crippen molar-refractivity contribution in [1.29, 1.82) is 0 Å². The molecule has 2 aromatic rings. The van der Waals surface area contributed by atoms with E-state index in [9.17, 15) is 14.4 Å². The molecule has 0 fully saturated rings. The van der Waals surface area contributed by atoms with Gasteiger partial charge in [-0.1, -0.05) is 6.92 Å². The van der Waals surface area contributed by atoms with Crippen molar-refractivity contribution in [3.63, 3.8) is 0 Å². The van der Waals surface area contributed by atoms with Gasteiger partial charge in [0.1, 0.15) is 10.6 Å². The average molecular weight is 321 g/mol. The lowest BCUT2D eigenvalue weighted by molar-refractivity contribution is 0.0607. The molecule has 0 unspecified atom stereocenters. The predicted octanol–water partition coefficient (Wildman–Crippen LogP) is 1.75. The van der Waals surface area contributed by atoms with E-state index in [-0.39, 0.29) is 11.3 Å². The SMILES string of the molecule is CCCn1nc(C(=O)Nc2ccsc2C(=O)OC)ccc1=O. The molecule has 2 rings (SSSR count). The first-order chi connectivity index (χ1) is 10.6. The van der Waals surface area contributed by atoms with Crippen LogP contribution in [0, 0.1) is 0 Å². The Kier molecular flexibility index (Phi) is 5.05. The second-order valence-corrected chi connectivity index (χ2v) is 5.31. The van der Waals surface area contributed by atoms with Crippen molar-refractivity contribution in [2.45, 2.75) is 19.9 Å². The molecule has 7 nitrogen and oxygen atoms in total. The third-order valence-corrected chi connectivity index (χ3v) is 3.71. The van der Waals surface area contributed by atoms with E-state index in [0.717, 1.165) is 6.42 Å². The fourth-order valence-corrected chi connectivity index (χ4v) is 2.55. The zero-order chi connectivity index (χ0) is 16.1. The molecule has 0 aromatic carbocycles. The van der Waals surface area contributed by atoms with Crippen LogP contribution >= 0.6 is 11.3 Å². The van der Waals surface area contributed by atoms with Gasteiger partial charge in [0.15, 0.2) is 0 Å². The van der Waals surface area contributed by atoms with Crippen LogP contribution < -0.4 is 10.9 Å². The maximum absolute atomic E-state index is 12.2. The maximum atomic E-state index is 12.2. The summed E-state index contributed by atoms with van der Waals surface area (Å²) in [5.74, 6) is -1.01. The van der Waals surface area contributed by atoms with Gasteiger partial charge in [0.25, 0.3) is 11.5 Å². The molecule has 0 atom stereocenters. The number of methoxy groups -OCH3 is 1. The molecule has 0 saturated carbocycles. The number of carbonyl (C=O) groups excluding carboxylic acids is 2. The minimum atomic E-state index is -0.519. The summed E-state index contributed by atoms with van der Waals surface area (Å²) < 4.78 is 5.89. The molecule has 0 spiro atoms. The lowest BCUT2D eigenvalue weighted by atomic mass is 10.3. The number of rotatable bonds is 5. The number of nitrogens with zero attached hydrogens (tertiary/aromatic N) is 2. The van der Waals surface area contributed by atoms with Crippen LogP contribution in [0.25, 0.3) is 0 Å². The zero-order valence-electron chi connectivity index (χ0n) is 12.2. The molecule has 0 bridgehead atoms. The number of hydrogen-bond acceptors (Lipinski definition) is 6. The third-order valence-electron chi connectivity index (χ3n) is 2.82. The quantitative estimate of drug-likeness (QED) is 0.847. The summed E-state index contributed by atoms with van der Waals surface area (Å²) in [5.41, 5.74) is 0.205. The number of carbonyl (C=O) groups is 2. The summed E-state index contributed by atoms with van der Waals surface area (Å²) in [6.07, 6.45) is 0.731. The number of anilines is 1. The van der Waals surface area contributed by atoms with E-state index in [1.807, 2.05) is 6.92 Å². The minimum Gasteiger partial charge on any atom is -0.465 e. The topological polar surface area (TPSA) is 90.3 Å². The standard InChI is InChI=1S/C14H15N3O4S/c1-3-7-17-11(18)5-4-10(16-17)13(19)15-9-6-8-22-12(9)14(20)21-2/h4-6,8H,3,7H2,1-2H3,(H,15,19). The number of aromatic nitrogens is 2. The van der Waals surface area contributed by atoms with E-state index in [4.69, 9.17) is 0 Å². The first kappa shape index (κ1) is 15.9. The Morgan fingerprint density at radius 1 is 1.36 bits per heavy atom. The van der Waals surface area contributed by atoms with Crippen LogP contribution in [0.5, 0.6) is 0 Å². The Bertz CT molecular complexity index is 751. The molecule has 0 aliphatic heterocycles. The van der Waals surface area contributed by atoms with Crippen molar-refractivity contribution < 1.29 is 14.3 Å². The van der Waals surface area contributed by atoms with Gasteiger partial charge in [0.2, 0.25) is 0 Å². The van der Waals surface area contributed by atoms with Gasteiger partial charge < -0.3 is 10.1 Å². The van der Waals surface area contributed by atoms with Crippen LogP contribution in [0.2, 0.25) is 0 Å². The van der Waals surface area contributed by atoms with E-state index >= 15 is 0 Å². The fourth-order valence-electron chi connectivity index (χ4n) is 1.79. The number of aryl methyl sites for hydroxylation is 1. The van der Waals surface area contributed by atoms with Gasteiger partial charge in [-0.05, 0) is 23.9 Å². The molecule has 2 heterocycles. The maximum Gasteiger partial charge on any atom is 0.350 e. The second-order valence-electron chi connectivity index (χ2n) is 4.39. The Morgan fingerprint density at radius 3 is 2.82 bits per heavy atom. The second kappa shape index (κ2) is 6.99. The lowest BCUT2D eigenvalue weighted by Gasteiger charge is -2.07. The normalized spacial score (nSPS) is 10.3. The van der Waals surface area contributed by atoms with Crippen molar-refractivity contribution in [1.82, 2.24) is 9.78 Å². The lowest BCUT2D eigenvalue weighted by Crippen LogP contribution is -2.26. The summed E-state index contributed by atoms with van der Waals surface area (Å²) >= 11 is 1.17. The summed E-state index contributed by atoms with van der Waals surface area (Å²) in [7, 11) is 1.27. The van der Waals surface area contributed by atoms with Crippen LogP contribution in [0.4, 0.5) is 5.69 Å². The molecule has 116 valence electrons. The van der Waals surface area contributed by atoms with Crippen molar-refractivity contribution in [2.24, 2.45) is 0 Å². The fraction of sp³-hybridized carbons (Fsp3) is 0.286. The Morgan fingerprint density at radius 2 is 2.14 bits per heavy atom. The molecule has 0 radical (unpaired) electrons. The molecule has 0 saturated heterocycles. The number of hydrogen-bond donors (Lipinski definition) is 1. The van der Waals surface area contributed by atoms with Gasteiger partial charge in [0, 0.05) is 12.6 Å². The van der Waals surface area contributed by atoms with Crippen molar-refractivity contribution in [3.05, 3.63) is 44.5 Å². The Balaban J connectivity index is 2.23. The summed E-state index contributed by atoms with van der Waals surface area (Å²) in [5, 5.41) is 8.29. The van der Waals surface area contributed by atoms with Gasteiger partial charge in [-0.25, -0.2) is 9.48 Å². The van der Waals surface area contributed by atoms with Gasteiger partial charge in [-0.15, -0.1) is 11.3 Å². The van der Waals surface area contributed by atoms with Crippen LogP contribution in [0.15, 0.2) is 28.4 Å². The average Bonchev–Trinajstić information content (AvgIpc) is 2.97. The first-order valence-electron chi connectivity index (χ1n) is 6.62. The van der Waals surface area contributed by atoms with E-state index in [1.54, 1.807) is 11.4 Å². The van der Waals surface area contributed by atoms with Gasteiger partial charge >= 0.3 is 5.97 Å². The van der Waals surface area contributed by atoms with Crippen molar-refractivity contribution >= 4 is 28.9 Å². The largest absolute Gasteiger partial charge is 0.465 e. The molecular weight excluding hydrogens is 306 g/mol. The summed E-state index contributed by atoms with van der Waals surface area (Å²) in [6, 6.07) is 4.26. The summed E-state index contributed by atoms with van der Waals surface area (Å²) in [6.45, 7) is 2.35. The van der Waals surface area contributed by atoms with Crippen molar-refractivity contribution in [2.75, 3.05) is 12.4 Å². The van der Waals surface area contributed by atoms with Gasteiger partial charge in [-0.3, -0.25) is 9.59 Å². The van der Waals surface area contributed by atoms with E-state index in [1.165, 1.54) is 35.3 Å². The minimum absolute atomic E-state index is 0.107. The molecule has 0 aliphatic rings. The Labute approximate surface area is 130 Å². The first-order valence-corrected chi connectivity index (χ1v) is 7.50. The van der Waals surface area contributed by atoms with Crippen LogP contribution in [-0.2, 0) is 11.3 Å². The molecule has 1 amide bonds. The van der Waals surface area contributed by atoms with E-state index < -0.39 is 11.9 Å². The van der Waals surface area contributed by atoms with Gasteiger partial charge in [-0.2, -0.15) is 5.10 Å². The molecule has 2 aromatic heterocycles. The highest BCUT2D eigenvalue weighted by Gasteiger charge is 2.17. The molecule has 22 heavy (non-hydrogen) atoms. The molecule has 1 N–H and O–H groups in total. The molecule has 8 heteroatoms. The highest BCUT2D eigenvalue weighted by Crippen LogP contribution is 2.23. The third kappa shape index (κ3) is 3.40. The van der Waals surface area contributed by atoms with E-state index in [2.05, 4.69) is 15.2 Å². The molecular formula is C14H15N3O4S. The van der Waals surface area contributed by atoms with Crippen LogP contribution in [-0.4, -0.2) is 28.8 Å². The summed E-state index contributed by atoms with van der Waals surface area (Å²) in [4.78, 5) is 35.7. The highest BCUT2D eigenvalue weighted by atomic mass is 32.1. The van der Waals surface area contributed by atoms with Crippen LogP contribution in [0.1, 0.15) is 33.5 Å².